The van der Waals surface area contributed by atoms with Crippen LogP contribution in [-0.2, 0) is 43.3 Å². The van der Waals surface area contributed by atoms with Crippen LogP contribution < -0.4 is 36.0 Å². The Labute approximate surface area is 725 Å². The van der Waals surface area contributed by atoms with Gasteiger partial charge in [-0.15, -0.1) is 0 Å². The first-order valence-electron chi connectivity index (χ1n) is 43.9. The van der Waals surface area contributed by atoms with E-state index in [0.29, 0.717) is 0 Å². The molecule has 2 heterocycles. The maximum atomic E-state index is 2.73. The van der Waals surface area contributed by atoms with Crippen molar-refractivity contribution in [1.29, 1.82) is 0 Å². The Hall–Kier alpha value is -11.7. The fourth-order valence-corrected chi connectivity index (χ4v) is 18.0. The zero-order chi connectivity index (χ0) is 86.0. The molecule has 0 radical (unpaired) electrons. The maximum absolute atomic E-state index is 2.73. The minimum absolute atomic E-state index is 0.0561. The molecule has 4 nitrogen and oxygen atoms in total. The number of fused-ring (bicyclic) bond motifs is 4. The number of benzene rings is 14. The molecule has 0 atom stereocenters. The van der Waals surface area contributed by atoms with Gasteiger partial charge in [0.2, 0.25) is 0 Å². The molecule has 14 aromatic rings. The number of hydrogen-bond donors (Lipinski definition) is 0. The molecule has 0 spiro atoms. The van der Waals surface area contributed by atoms with E-state index in [-0.39, 0.29) is 50.0 Å². The summed E-state index contributed by atoms with van der Waals surface area (Å²) in [4.78, 5) is 10.5. The van der Waals surface area contributed by atoms with Gasteiger partial charge in [-0.2, -0.15) is 0 Å². The van der Waals surface area contributed by atoms with Gasteiger partial charge in [-0.25, -0.2) is 0 Å². The van der Waals surface area contributed by atoms with Gasteiger partial charge in [-0.1, -0.05) is 391 Å². The van der Waals surface area contributed by atoms with E-state index < -0.39 is 0 Å². The molecule has 121 heavy (non-hydrogen) atoms. The van der Waals surface area contributed by atoms with Crippen molar-refractivity contribution in [2.75, 3.05) is 19.6 Å². The van der Waals surface area contributed by atoms with Crippen LogP contribution in [0.1, 0.15) is 211 Å². The summed E-state index contributed by atoms with van der Waals surface area (Å²) in [5, 5.41) is 0. The Morgan fingerprint density at radius 2 is 0.413 bits per heavy atom. The molecular formula is C116H123BN4. The van der Waals surface area contributed by atoms with Crippen LogP contribution in [0.15, 0.2) is 309 Å². The molecule has 16 rings (SSSR count). The lowest BCUT2D eigenvalue weighted by atomic mass is 9.33. The van der Waals surface area contributed by atoms with Crippen LogP contribution >= 0.6 is 0 Å². The van der Waals surface area contributed by atoms with Crippen LogP contribution in [0.3, 0.4) is 0 Å². The highest BCUT2D eigenvalue weighted by Gasteiger charge is 2.47. The highest BCUT2D eigenvalue weighted by molar-refractivity contribution is 7.00. The number of rotatable bonds is 13. The van der Waals surface area contributed by atoms with E-state index in [1.807, 2.05) is 0 Å². The smallest absolute Gasteiger partial charge is 0.252 e. The summed E-state index contributed by atoms with van der Waals surface area (Å²) in [5.74, 6) is 0. The summed E-state index contributed by atoms with van der Waals surface area (Å²) >= 11 is 0. The Balaban J connectivity index is 1.09. The SMILES string of the molecule is CC(C)(C)c1ccc(-c2cccc(-c3ccc(C(C)(C)C)cc3)c2N2c3cc(N(c4ccc(C(C)(C)C)cc4)c4ccc(C(C)(C)C)cc4)ccc3B3c4ccc(N(c5ccc(C(C)(C)C)cc5)c5ccc(C(C)(C)C)cc5)cc4N(c4c(-c5ccc(C(C)(C)C)cc5)cccc4-c4ccc(C(C)(C)C)cc4)c4cc(-c5ccccc5)cc2c43)cc1. The van der Waals surface area contributed by atoms with Gasteiger partial charge in [-0.05, 0) is 223 Å². The van der Waals surface area contributed by atoms with Crippen LogP contribution in [0, 0.1) is 0 Å². The highest BCUT2D eigenvalue weighted by Crippen LogP contribution is 2.56. The molecule has 0 aliphatic carbocycles. The third-order valence-electron chi connectivity index (χ3n) is 25.4. The first kappa shape index (κ1) is 83.0. The van der Waals surface area contributed by atoms with Crippen LogP contribution in [0.25, 0.3) is 55.6 Å². The molecule has 0 saturated heterocycles. The zero-order valence-electron chi connectivity index (χ0n) is 76.3. The molecule has 0 saturated carbocycles. The summed E-state index contributed by atoms with van der Waals surface area (Å²) in [6.07, 6.45) is 0. The van der Waals surface area contributed by atoms with Crippen LogP contribution in [0.4, 0.5) is 68.2 Å². The van der Waals surface area contributed by atoms with Gasteiger partial charge in [0.15, 0.2) is 0 Å². The van der Waals surface area contributed by atoms with E-state index in [9.17, 15) is 0 Å². The molecule has 0 bridgehead atoms. The predicted molar refractivity (Wildman–Crippen MR) is 527 cm³/mol. The van der Waals surface area contributed by atoms with Crippen molar-refractivity contribution < 1.29 is 0 Å². The largest absolute Gasteiger partial charge is 0.310 e. The third-order valence-corrected chi connectivity index (χ3v) is 25.4. The molecule has 0 N–H and O–H groups in total. The number of nitrogens with zero attached hydrogens (tertiary/aromatic N) is 4. The first-order valence-corrected chi connectivity index (χ1v) is 43.9. The van der Waals surface area contributed by atoms with Crippen molar-refractivity contribution in [2.24, 2.45) is 0 Å². The van der Waals surface area contributed by atoms with Crippen molar-refractivity contribution in [3.8, 4) is 55.6 Å². The van der Waals surface area contributed by atoms with Gasteiger partial charge in [0.25, 0.3) is 6.71 Å². The summed E-state index contributed by atoms with van der Waals surface area (Å²) in [7, 11) is 0. The summed E-state index contributed by atoms with van der Waals surface area (Å²) in [6, 6.07) is 121. The molecule has 610 valence electrons. The average molecular weight is 1580 g/mol. The quantitative estimate of drug-likeness (QED) is 0.107. The van der Waals surface area contributed by atoms with Crippen molar-refractivity contribution in [1.82, 2.24) is 0 Å². The lowest BCUT2D eigenvalue weighted by molar-refractivity contribution is 0.590. The third kappa shape index (κ3) is 16.3. The molecule has 2 aliphatic heterocycles. The second-order valence-electron chi connectivity index (χ2n) is 42.5. The highest BCUT2D eigenvalue weighted by atomic mass is 15.2. The number of hydrogen-bond acceptors (Lipinski definition) is 4. The number of anilines is 12. The Kier molecular flexibility index (Phi) is 21.1. The lowest BCUT2D eigenvalue weighted by Gasteiger charge is -2.46. The van der Waals surface area contributed by atoms with Gasteiger partial charge in [-0.3, -0.25) is 0 Å². The van der Waals surface area contributed by atoms with Crippen LogP contribution in [0.5, 0.6) is 0 Å². The van der Waals surface area contributed by atoms with E-state index in [1.165, 1.54) is 60.9 Å². The van der Waals surface area contributed by atoms with Crippen LogP contribution in [0.2, 0.25) is 0 Å². The van der Waals surface area contributed by atoms with Gasteiger partial charge < -0.3 is 19.6 Å². The normalized spacial score (nSPS) is 13.2. The lowest BCUT2D eigenvalue weighted by Crippen LogP contribution is -2.61. The second-order valence-corrected chi connectivity index (χ2v) is 42.5. The molecule has 5 heteroatoms. The zero-order valence-corrected chi connectivity index (χ0v) is 76.3. The van der Waals surface area contributed by atoms with Crippen LogP contribution in [-0.4, -0.2) is 6.71 Å². The average Bonchev–Trinajstić information content (AvgIpc) is 0.685. The molecule has 2 aliphatic rings. The Bertz CT molecular complexity index is 5510. The maximum Gasteiger partial charge on any atom is 0.252 e. The fraction of sp³-hybridized carbons (Fsp3) is 0.276. The van der Waals surface area contributed by atoms with E-state index in [4.69, 9.17) is 0 Å². The minimum Gasteiger partial charge on any atom is -0.310 e. The van der Waals surface area contributed by atoms with E-state index in [1.54, 1.807) is 0 Å². The van der Waals surface area contributed by atoms with Crippen molar-refractivity contribution in [3.63, 3.8) is 0 Å². The Morgan fingerprint density at radius 1 is 0.190 bits per heavy atom. The summed E-state index contributed by atoms with van der Waals surface area (Å²) < 4.78 is 0. The molecule has 0 aromatic heterocycles. The van der Waals surface area contributed by atoms with Gasteiger partial charge in [0, 0.05) is 79.1 Å². The summed E-state index contributed by atoms with van der Waals surface area (Å²) in [6.45, 7) is 55.2. The Morgan fingerprint density at radius 3 is 0.645 bits per heavy atom. The topological polar surface area (TPSA) is 13.0 Å². The monoisotopic (exact) mass is 1580 g/mol. The van der Waals surface area contributed by atoms with E-state index >= 15 is 0 Å². The molecule has 0 fully saturated rings. The standard InChI is InChI=1S/C116H123BN4/c1-109(2,3)82-44-36-77(37-45-82)96-32-28-33-97(78-38-46-83(47-39-78)110(4,5)6)107(96)120-102-74-94(118(90-60-52-86(53-61-90)113(13,14)15)91-62-54-87(55-63-91)114(16,17)18)68-70-100(102)117-101-71-69-95(119(92-64-56-88(57-65-92)115(19,20)21)93-66-58-89(59-67-93)116(22,23)24)75-103(101)121(105-73-81(72-104(120)106(105)117)76-30-26-25-27-31-76)108-98(79-40-48-84(49-41-79)111(7,8)9)34-29-35-99(108)80-42-50-85(51-43-80)112(10,11)12/h25-75H,1-24H3. The first-order chi connectivity index (χ1) is 57.1. The number of para-hydroxylation sites is 2. The molecular weight excluding hydrogens is 1460 g/mol. The molecule has 0 amide bonds. The van der Waals surface area contributed by atoms with Gasteiger partial charge in [0.1, 0.15) is 0 Å². The summed E-state index contributed by atoms with van der Waals surface area (Å²) in [5.41, 5.74) is 37.8. The van der Waals surface area contributed by atoms with E-state index in [2.05, 4.69) is 495 Å². The predicted octanol–water partition coefficient (Wildman–Crippen LogP) is 31.4. The van der Waals surface area contributed by atoms with Gasteiger partial charge in [0.05, 0.1) is 11.4 Å². The molecule has 0 unspecified atom stereocenters. The van der Waals surface area contributed by atoms with Crippen molar-refractivity contribution >= 4 is 91.3 Å². The van der Waals surface area contributed by atoms with E-state index in [0.717, 1.165) is 124 Å². The van der Waals surface area contributed by atoms with Crippen molar-refractivity contribution in [3.05, 3.63) is 354 Å². The fourth-order valence-electron chi connectivity index (χ4n) is 18.0. The van der Waals surface area contributed by atoms with Crippen molar-refractivity contribution in [2.45, 2.75) is 209 Å². The second kappa shape index (κ2) is 30.8. The molecule has 14 aromatic carbocycles. The minimum atomic E-state index is -0.313. The van der Waals surface area contributed by atoms with Gasteiger partial charge >= 0.3 is 0 Å².